The van der Waals surface area contributed by atoms with Crippen molar-refractivity contribution in [1.82, 2.24) is 10.2 Å². The molecule has 5 nitrogen and oxygen atoms in total. The van der Waals surface area contributed by atoms with Gasteiger partial charge >= 0.3 is 5.97 Å². The molecule has 1 fully saturated rings. The van der Waals surface area contributed by atoms with Crippen LogP contribution in [0.15, 0.2) is 16.7 Å². The highest BCUT2D eigenvalue weighted by Crippen LogP contribution is 2.18. The van der Waals surface area contributed by atoms with Crippen molar-refractivity contribution in [2.45, 2.75) is 32.7 Å². The minimum atomic E-state index is -0.395. The number of furan rings is 1. The van der Waals surface area contributed by atoms with Gasteiger partial charge < -0.3 is 14.5 Å². The van der Waals surface area contributed by atoms with Crippen molar-refractivity contribution in [2.75, 3.05) is 33.3 Å². The van der Waals surface area contributed by atoms with Gasteiger partial charge in [0, 0.05) is 18.7 Å². The third-order valence-electron chi connectivity index (χ3n) is 4.03. The van der Waals surface area contributed by atoms with Crippen molar-refractivity contribution >= 4 is 5.97 Å². The molecule has 0 unspecified atom stereocenters. The predicted molar refractivity (Wildman–Crippen MR) is 81.2 cm³/mol. The maximum absolute atomic E-state index is 11.7. The Morgan fingerprint density at radius 1 is 1.48 bits per heavy atom. The molecule has 118 valence electrons. The summed E-state index contributed by atoms with van der Waals surface area (Å²) in [5.41, 5.74) is 0.921. The Labute approximate surface area is 126 Å². The zero-order chi connectivity index (χ0) is 15.1. The van der Waals surface area contributed by atoms with Gasteiger partial charge in [-0.3, -0.25) is 4.90 Å². The first kappa shape index (κ1) is 16.0. The Hall–Kier alpha value is -1.33. The van der Waals surface area contributed by atoms with Crippen LogP contribution in [0.5, 0.6) is 0 Å². The first-order valence-electron chi connectivity index (χ1n) is 7.82. The van der Waals surface area contributed by atoms with Gasteiger partial charge in [-0.2, -0.15) is 0 Å². The monoisotopic (exact) mass is 294 g/mol. The minimum Gasteiger partial charge on any atom is -0.463 e. The fourth-order valence-corrected chi connectivity index (χ4v) is 2.95. The van der Waals surface area contributed by atoms with Gasteiger partial charge in [0.25, 0.3) is 0 Å². The Kier molecular flexibility index (Phi) is 6.26. The number of esters is 1. The van der Waals surface area contributed by atoms with Gasteiger partial charge in [0.1, 0.15) is 0 Å². The Balaban J connectivity index is 1.98. The second-order valence-corrected chi connectivity index (χ2v) is 5.70. The maximum Gasteiger partial charge on any atom is 0.374 e. The smallest absolute Gasteiger partial charge is 0.374 e. The van der Waals surface area contributed by atoms with Gasteiger partial charge in [-0.25, -0.2) is 4.79 Å². The van der Waals surface area contributed by atoms with Crippen molar-refractivity contribution in [3.05, 3.63) is 23.7 Å². The molecule has 1 aliphatic rings. The Bertz CT molecular complexity index is 438. The molecule has 1 N–H and O–H groups in total. The average molecular weight is 294 g/mol. The minimum absolute atomic E-state index is 0.337. The summed E-state index contributed by atoms with van der Waals surface area (Å²) >= 11 is 0. The van der Waals surface area contributed by atoms with Crippen LogP contribution < -0.4 is 5.32 Å². The highest BCUT2D eigenvalue weighted by atomic mass is 16.5. The van der Waals surface area contributed by atoms with E-state index in [1.807, 2.05) is 6.07 Å². The van der Waals surface area contributed by atoms with E-state index >= 15 is 0 Å². The van der Waals surface area contributed by atoms with Crippen LogP contribution in [0, 0.1) is 5.92 Å². The van der Waals surface area contributed by atoms with Crippen molar-refractivity contribution in [3.8, 4) is 0 Å². The zero-order valence-electron chi connectivity index (χ0n) is 13.1. The molecule has 2 heterocycles. The molecule has 0 amide bonds. The molecule has 1 saturated heterocycles. The molecule has 0 aliphatic carbocycles. The molecule has 1 aliphatic heterocycles. The van der Waals surface area contributed by atoms with Gasteiger partial charge in [-0.1, -0.05) is 6.92 Å². The van der Waals surface area contributed by atoms with E-state index in [9.17, 15) is 4.79 Å². The lowest BCUT2D eigenvalue weighted by Gasteiger charge is -2.29. The lowest BCUT2D eigenvalue weighted by Crippen LogP contribution is -2.36. The number of carbonyl (C=O) groups excluding carboxylic acids is 1. The standard InChI is InChI=1S/C16H26N2O3/c1-3-9-18(11-13-4-7-17-8-5-13)12-14-6-10-21-15(14)16(19)20-2/h6,10,13,17H,3-5,7-9,11-12H2,1-2H3. The Morgan fingerprint density at radius 2 is 2.24 bits per heavy atom. The number of ether oxygens (including phenoxy) is 1. The number of methoxy groups -OCH3 is 1. The van der Waals surface area contributed by atoms with Gasteiger partial charge in [0.15, 0.2) is 0 Å². The SMILES string of the molecule is CCCN(Cc1ccoc1C(=O)OC)CC1CCNCC1. The summed E-state index contributed by atoms with van der Waals surface area (Å²) in [6.07, 6.45) is 5.14. The summed E-state index contributed by atoms with van der Waals surface area (Å²) in [5, 5.41) is 3.40. The summed E-state index contributed by atoms with van der Waals surface area (Å²) in [4.78, 5) is 14.1. The molecule has 5 heteroatoms. The van der Waals surface area contributed by atoms with E-state index in [4.69, 9.17) is 9.15 Å². The summed E-state index contributed by atoms with van der Waals surface area (Å²) in [7, 11) is 1.38. The van der Waals surface area contributed by atoms with E-state index in [1.54, 1.807) is 6.26 Å². The topological polar surface area (TPSA) is 54.7 Å². The molecule has 0 aromatic carbocycles. The lowest BCUT2D eigenvalue weighted by molar-refractivity contribution is 0.0561. The van der Waals surface area contributed by atoms with Gasteiger partial charge in [0.2, 0.25) is 5.76 Å². The van der Waals surface area contributed by atoms with Crippen molar-refractivity contribution in [2.24, 2.45) is 5.92 Å². The molecular weight excluding hydrogens is 268 g/mol. The van der Waals surface area contributed by atoms with E-state index in [-0.39, 0.29) is 0 Å². The van der Waals surface area contributed by atoms with E-state index in [1.165, 1.54) is 20.0 Å². The molecule has 0 atom stereocenters. The van der Waals surface area contributed by atoms with Crippen molar-refractivity contribution in [3.63, 3.8) is 0 Å². The van der Waals surface area contributed by atoms with Crippen LogP contribution in [0.2, 0.25) is 0 Å². The third-order valence-corrected chi connectivity index (χ3v) is 4.03. The van der Waals surface area contributed by atoms with E-state index < -0.39 is 5.97 Å². The summed E-state index contributed by atoms with van der Waals surface area (Å²) < 4.78 is 10.0. The molecule has 1 aromatic heterocycles. The van der Waals surface area contributed by atoms with Crippen molar-refractivity contribution < 1.29 is 13.9 Å². The molecule has 0 spiro atoms. The van der Waals surface area contributed by atoms with Crippen LogP contribution in [-0.4, -0.2) is 44.2 Å². The van der Waals surface area contributed by atoms with E-state index in [0.717, 1.165) is 50.6 Å². The fourth-order valence-electron chi connectivity index (χ4n) is 2.95. The van der Waals surface area contributed by atoms with Crippen molar-refractivity contribution in [1.29, 1.82) is 0 Å². The van der Waals surface area contributed by atoms with Crippen LogP contribution in [0.1, 0.15) is 42.3 Å². The molecule has 0 saturated carbocycles. The molecular formula is C16H26N2O3. The second-order valence-electron chi connectivity index (χ2n) is 5.70. The lowest BCUT2D eigenvalue weighted by atomic mass is 9.97. The number of piperidine rings is 1. The van der Waals surface area contributed by atoms with Crippen LogP contribution >= 0.6 is 0 Å². The first-order valence-corrected chi connectivity index (χ1v) is 7.82. The number of nitrogens with zero attached hydrogens (tertiary/aromatic N) is 1. The molecule has 0 radical (unpaired) electrons. The quantitative estimate of drug-likeness (QED) is 0.782. The number of nitrogens with one attached hydrogen (secondary N) is 1. The zero-order valence-corrected chi connectivity index (χ0v) is 13.1. The first-order chi connectivity index (χ1) is 10.2. The van der Waals surface area contributed by atoms with Crippen LogP contribution in [0.25, 0.3) is 0 Å². The van der Waals surface area contributed by atoms with Gasteiger partial charge in [0.05, 0.1) is 13.4 Å². The highest BCUT2D eigenvalue weighted by molar-refractivity contribution is 5.87. The molecule has 21 heavy (non-hydrogen) atoms. The number of hydrogen-bond donors (Lipinski definition) is 1. The summed E-state index contributed by atoms with van der Waals surface area (Å²) in [6, 6.07) is 1.87. The molecule has 0 bridgehead atoms. The summed E-state index contributed by atoms with van der Waals surface area (Å²) in [6.45, 7) is 7.29. The second kappa shape index (κ2) is 8.20. The number of rotatable bonds is 7. The van der Waals surface area contributed by atoms with Gasteiger partial charge in [-0.15, -0.1) is 0 Å². The van der Waals surface area contributed by atoms with E-state index in [0.29, 0.717) is 5.76 Å². The summed E-state index contributed by atoms with van der Waals surface area (Å²) in [5.74, 6) is 0.684. The number of hydrogen-bond acceptors (Lipinski definition) is 5. The predicted octanol–water partition coefficient (Wildman–Crippen LogP) is 2.28. The van der Waals surface area contributed by atoms with Gasteiger partial charge in [-0.05, 0) is 50.9 Å². The van der Waals surface area contributed by atoms with Crippen LogP contribution in [0.3, 0.4) is 0 Å². The van der Waals surface area contributed by atoms with E-state index in [2.05, 4.69) is 17.1 Å². The highest BCUT2D eigenvalue weighted by Gasteiger charge is 2.21. The normalized spacial score (nSPS) is 16.3. The fraction of sp³-hybridized carbons (Fsp3) is 0.688. The average Bonchev–Trinajstić information content (AvgIpc) is 2.96. The largest absolute Gasteiger partial charge is 0.463 e. The van der Waals surface area contributed by atoms with Crippen LogP contribution in [0.4, 0.5) is 0 Å². The third kappa shape index (κ3) is 4.58. The molecule has 1 aromatic rings. The maximum atomic E-state index is 11.7. The number of carbonyl (C=O) groups is 1. The Morgan fingerprint density at radius 3 is 2.90 bits per heavy atom. The van der Waals surface area contributed by atoms with Crippen LogP contribution in [-0.2, 0) is 11.3 Å². The molecule has 2 rings (SSSR count).